The first-order chi connectivity index (χ1) is 9.33. The SMILES string of the molecule is CC(C)(C)OC(=O)N1CC[C@H](Nc2ncc(N)cn2)C1. The average Bonchev–Trinajstić information content (AvgIpc) is 2.79. The summed E-state index contributed by atoms with van der Waals surface area (Å²) in [6, 6.07) is 0.131. The van der Waals surface area contributed by atoms with Crippen LogP contribution in [-0.4, -0.2) is 45.7 Å². The topological polar surface area (TPSA) is 93.4 Å². The van der Waals surface area contributed by atoms with Crippen LogP contribution < -0.4 is 11.1 Å². The molecule has 1 aromatic rings. The molecule has 0 radical (unpaired) electrons. The molecule has 2 rings (SSSR count). The molecule has 1 aliphatic heterocycles. The standard InChI is InChI=1S/C13H21N5O2/c1-13(2,3)20-12(19)18-5-4-10(8-18)17-11-15-6-9(14)7-16-11/h6-7,10H,4-5,8,14H2,1-3H3,(H,15,16,17)/t10-/m0/s1. The largest absolute Gasteiger partial charge is 0.444 e. The van der Waals surface area contributed by atoms with E-state index in [2.05, 4.69) is 15.3 Å². The van der Waals surface area contributed by atoms with Gasteiger partial charge in [0, 0.05) is 19.1 Å². The van der Waals surface area contributed by atoms with E-state index in [1.54, 1.807) is 17.3 Å². The molecule has 1 fully saturated rings. The van der Waals surface area contributed by atoms with Gasteiger partial charge in [0.1, 0.15) is 5.60 Å². The van der Waals surface area contributed by atoms with Gasteiger partial charge in [-0.2, -0.15) is 0 Å². The number of nitrogen functional groups attached to an aromatic ring is 1. The Balaban J connectivity index is 1.86. The third kappa shape index (κ3) is 3.97. The number of ether oxygens (including phenoxy) is 1. The fourth-order valence-corrected chi connectivity index (χ4v) is 1.97. The lowest BCUT2D eigenvalue weighted by Crippen LogP contribution is -2.36. The van der Waals surface area contributed by atoms with Crippen LogP contribution >= 0.6 is 0 Å². The number of amides is 1. The molecule has 0 bridgehead atoms. The summed E-state index contributed by atoms with van der Waals surface area (Å²) in [6.07, 6.45) is 3.67. The first-order valence-corrected chi connectivity index (χ1v) is 6.65. The molecule has 0 aromatic carbocycles. The van der Waals surface area contributed by atoms with E-state index in [-0.39, 0.29) is 12.1 Å². The molecule has 7 heteroatoms. The lowest BCUT2D eigenvalue weighted by molar-refractivity contribution is 0.0293. The summed E-state index contributed by atoms with van der Waals surface area (Å²) >= 11 is 0. The van der Waals surface area contributed by atoms with Gasteiger partial charge in [0.25, 0.3) is 0 Å². The number of likely N-dealkylation sites (tertiary alicyclic amines) is 1. The molecule has 0 spiro atoms. The summed E-state index contributed by atoms with van der Waals surface area (Å²) in [5, 5.41) is 3.19. The Morgan fingerprint density at radius 1 is 1.45 bits per heavy atom. The van der Waals surface area contributed by atoms with E-state index in [4.69, 9.17) is 10.5 Å². The summed E-state index contributed by atoms with van der Waals surface area (Å²) in [5.41, 5.74) is 5.59. The highest BCUT2D eigenvalue weighted by molar-refractivity contribution is 5.68. The van der Waals surface area contributed by atoms with E-state index in [1.165, 1.54) is 0 Å². The second-order valence-electron chi connectivity index (χ2n) is 5.90. The normalized spacial score (nSPS) is 18.9. The van der Waals surface area contributed by atoms with Crippen molar-refractivity contribution in [1.29, 1.82) is 0 Å². The molecule has 0 saturated carbocycles. The Labute approximate surface area is 118 Å². The van der Waals surface area contributed by atoms with E-state index >= 15 is 0 Å². The van der Waals surface area contributed by atoms with E-state index in [0.29, 0.717) is 24.7 Å². The highest BCUT2D eigenvalue weighted by atomic mass is 16.6. The molecule has 1 aliphatic rings. The van der Waals surface area contributed by atoms with Gasteiger partial charge in [0.15, 0.2) is 0 Å². The average molecular weight is 279 g/mol. The number of carbonyl (C=O) groups excluding carboxylic acids is 1. The summed E-state index contributed by atoms with van der Waals surface area (Å²) in [4.78, 5) is 21.8. The third-order valence-corrected chi connectivity index (χ3v) is 2.84. The van der Waals surface area contributed by atoms with Crippen LogP contribution in [0, 0.1) is 0 Å². The van der Waals surface area contributed by atoms with Gasteiger partial charge in [0.2, 0.25) is 5.95 Å². The summed E-state index contributed by atoms with van der Waals surface area (Å²) in [5.74, 6) is 0.523. The molecular weight excluding hydrogens is 258 g/mol. The molecule has 0 unspecified atom stereocenters. The Morgan fingerprint density at radius 3 is 2.70 bits per heavy atom. The highest BCUT2D eigenvalue weighted by Crippen LogP contribution is 2.17. The van der Waals surface area contributed by atoms with Gasteiger partial charge in [-0.25, -0.2) is 14.8 Å². The van der Waals surface area contributed by atoms with Crippen molar-refractivity contribution in [3.63, 3.8) is 0 Å². The number of nitrogens with zero attached hydrogens (tertiary/aromatic N) is 3. The van der Waals surface area contributed by atoms with Crippen LogP contribution in [0.25, 0.3) is 0 Å². The van der Waals surface area contributed by atoms with Crippen molar-refractivity contribution in [2.75, 3.05) is 24.1 Å². The number of hydrogen-bond donors (Lipinski definition) is 2. The highest BCUT2D eigenvalue weighted by Gasteiger charge is 2.29. The van der Waals surface area contributed by atoms with E-state index < -0.39 is 5.60 Å². The first-order valence-electron chi connectivity index (χ1n) is 6.65. The Morgan fingerprint density at radius 2 is 2.10 bits per heavy atom. The van der Waals surface area contributed by atoms with Crippen molar-refractivity contribution >= 4 is 17.7 Å². The third-order valence-electron chi connectivity index (χ3n) is 2.84. The monoisotopic (exact) mass is 279 g/mol. The van der Waals surface area contributed by atoms with Crippen molar-refractivity contribution in [2.24, 2.45) is 0 Å². The van der Waals surface area contributed by atoms with Gasteiger partial charge in [-0.3, -0.25) is 0 Å². The van der Waals surface area contributed by atoms with E-state index in [1.807, 2.05) is 20.8 Å². The summed E-state index contributed by atoms with van der Waals surface area (Å²) in [7, 11) is 0. The molecule has 3 N–H and O–H groups in total. The minimum absolute atomic E-state index is 0.131. The van der Waals surface area contributed by atoms with Gasteiger partial charge in [-0.05, 0) is 27.2 Å². The van der Waals surface area contributed by atoms with Crippen LogP contribution in [0.2, 0.25) is 0 Å². The Bertz CT molecular complexity index is 469. The molecule has 7 nitrogen and oxygen atoms in total. The van der Waals surface area contributed by atoms with Gasteiger partial charge in [0.05, 0.1) is 18.1 Å². The van der Waals surface area contributed by atoms with Crippen LogP contribution in [0.1, 0.15) is 27.2 Å². The van der Waals surface area contributed by atoms with Crippen LogP contribution in [-0.2, 0) is 4.74 Å². The predicted molar refractivity (Wildman–Crippen MR) is 76.3 cm³/mol. The van der Waals surface area contributed by atoms with E-state index in [9.17, 15) is 4.79 Å². The van der Waals surface area contributed by atoms with Gasteiger partial charge >= 0.3 is 6.09 Å². The lowest BCUT2D eigenvalue weighted by Gasteiger charge is -2.24. The van der Waals surface area contributed by atoms with Gasteiger partial charge in [-0.15, -0.1) is 0 Å². The van der Waals surface area contributed by atoms with Crippen LogP contribution in [0.15, 0.2) is 12.4 Å². The molecule has 0 aliphatic carbocycles. The molecular formula is C13H21N5O2. The van der Waals surface area contributed by atoms with Crippen molar-refractivity contribution in [2.45, 2.75) is 38.8 Å². The fraction of sp³-hybridized carbons (Fsp3) is 0.615. The Hall–Kier alpha value is -2.05. The number of nitrogens with one attached hydrogen (secondary N) is 1. The maximum atomic E-state index is 11.9. The zero-order valence-electron chi connectivity index (χ0n) is 12.1. The van der Waals surface area contributed by atoms with Crippen molar-refractivity contribution in [1.82, 2.24) is 14.9 Å². The number of aromatic nitrogens is 2. The molecule has 1 aromatic heterocycles. The van der Waals surface area contributed by atoms with Gasteiger partial charge < -0.3 is 20.7 Å². The smallest absolute Gasteiger partial charge is 0.410 e. The predicted octanol–water partition coefficient (Wildman–Crippen LogP) is 1.48. The fourth-order valence-electron chi connectivity index (χ4n) is 1.97. The number of carbonyl (C=O) groups is 1. The minimum atomic E-state index is -0.470. The molecule has 1 atom stereocenters. The van der Waals surface area contributed by atoms with Crippen molar-refractivity contribution < 1.29 is 9.53 Å². The molecule has 20 heavy (non-hydrogen) atoms. The maximum absolute atomic E-state index is 11.9. The maximum Gasteiger partial charge on any atom is 0.410 e. The second-order valence-corrected chi connectivity index (χ2v) is 5.90. The molecule has 2 heterocycles. The quantitative estimate of drug-likeness (QED) is 0.851. The van der Waals surface area contributed by atoms with Crippen molar-refractivity contribution in [3.8, 4) is 0 Å². The second kappa shape index (κ2) is 5.52. The molecule has 110 valence electrons. The van der Waals surface area contributed by atoms with Gasteiger partial charge in [-0.1, -0.05) is 0 Å². The zero-order valence-corrected chi connectivity index (χ0v) is 12.1. The molecule has 1 amide bonds. The number of hydrogen-bond acceptors (Lipinski definition) is 6. The van der Waals surface area contributed by atoms with Crippen LogP contribution in [0.4, 0.5) is 16.4 Å². The van der Waals surface area contributed by atoms with E-state index in [0.717, 1.165) is 6.42 Å². The molecule has 1 saturated heterocycles. The van der Waals surface area contributed by atoms with Crippen molar-refractivity contribution in [3.05, 3.63) is 12.4 Å². The lowest BCUT2D eigenvalue weighted by atomic mass is 10.2. The number of nitrogens with two attached hydrogens (primary N) is 1. The van der Waals surface area contributed by atoms with Crippen LogP contribution in [0.5, 0.6) is 0 Å². The van der Waals surface area contributed by atoms with Crippen LogP contribution in [0.3, 0.4) is 0 Å². The minimum Gasteiger partial charge on any atom is -0.444 e. The zero-order chi connectivity index (χ0) is 14.8. The number of anilines is 2. The summed E-state index contributed by atoms with van der Waals surface area (Å²) in [6.45, 7) is 6.83. The number of rotatable bonds is 2. The summed E-state index contributed by atoms with van der Waals surface area (Å²) < 4.78 is 5.35. The Kier molecular flexibility index (Phi) is 3.96. The first kappa shape index (κ1) is 14.4.